The van der Waals surface area contributed by atoms with Crippen molar-refractivity contribution in [1.29, 1.82) is 0 Å². The number of amides is 1. The van der Waals surface area contributed by atoms with Gasteiger partial charge in [-0.3, -0.25) is 0 Å². The number of allylic oxidation sites excluding steroid dienone is 1. The third-order valence-corrected chi connectivity index (χ3v) is 5.91. The number of ether oxygens (including phenoxy) is 4. The molecule has 7 nitrogen and oxygen atoms in total. The molecule has 1 spiro atoms. The van der Waals surface area contributed by atoms with Crippen LogP contribution >= 0.6 is 0 Å². The molecule has 26 heavy (non-hydrogen) atoms. The van der Waals surface area contributed by atoms with E-state index in [0.717, 1.165) is 25.9 Å². The van der Waals surface area contributed by atoms with Crippen LogP contribution in [0, 0.1) is 5.92 Å². The summed E-state index contributed by atoms with van der Waals surface area (Å²) in [6.45, 7) is 7.81. The maximum atomic E-state index is 12.0. The van der Waals surface area contributed by atoms with E-state index in [2.05, 4.69) is 32.2 Å². The Labute approximate surface area is 155 Å². The molecular formula is C19H32N2O5. The Balaban J connectivity index is 1.72. The van der Waals surface area contributed by atoms with E-state index < -0.39 is 6.09 Å². The molecule has 7 heteroatoms. The number of alkyl carbamates (subject to hydrolysis) is 1. The molecule has 0 radical (unpaired) electrons. The van der Waals surface area contributed by atoms with Crippen LogP contribution in [-0.2, 0) is 18.9 Å². The van der Waals surface area contributed by atoms with Gasteiger partial charge in [0.1, 0.15) is 23.4 Å². The summed E-state index contributed by atoms with van der Waals surface area (Å²) in [5.41, 5.74) is 6.18. The first-order valence-electron chi connectivity index (χ1n) is 9.49. The maximum Gasteiger partial charge on any atom is 0.407 e. The number of epoxide rings is 2. The van der Waals surface area contributed by atoms with Gasteiger partial charge in [-0.05, 0) is 40.0 Å². The molecule has 0 aromatic carbocycles. The molecular weight excluding hydrogens is 336 g/mol. The Hall–Kier alpha value is -1.15. The van der Waals surface area contributed by atoms with Gasteiger partial charge < -0.3 is 30.0 Å². The Morgan fingerprint density at radius 2 is 2.15 bits per heavy atom. The van der Waals surface area contributed by atoms with Crippen molar-refractivity contribution in [3.05, 3.63) is 11.6 Å². The molecule has 2 saturated heterocycles. The average Bonchev–Trinajstić information content (AvgIpc) is 3.50. The lowest BCUT2D eigenvalue weighted by Gasteiger charge is -2.42. The second kappa shape index (κ2) is 7.46. The molecule has 2 aliphatic heterocycles. The number of carbonyl (C=O) groups excluding carboxylic acids is 1. The molecule has 0 aromatic heterocycles. The van der Waals surface area contributed by atoms with E-state index in [4.69, 9.17) is 24.7 Å². The van der Waals surface area contributed by atoms with Crippen molar-refractivity contribution in [2.24, 2.45) is 11.7 Å². The van der Waals surface area contributed by atoms with Gasteiger partial charge in [0.05, 0.1) is 18.6 Å². The van der Waals surface area contributed by atoms with Gasteiger partial charge in [0.15, 0.2) is 0 Å². The summed E-state index contributed by atoms with van der Waals surface area (Å²) in [5.74, 6) is 0.0385. The third kappa shape index (κ3) is 3.76. The fraction of sp³-hybridized carbons (Fsp3) is 0.842. The summed E-state index contributed by atoms with van der Waals surface area (Å²) in [6.07, 6.45) is 3.78. The monoisotopic (exact) mass is 368 g/mol. The lowest BCUT2D eigenvalue weighted by molar-refractivity contribution is -0.118. The van der Waals surface area contributed by atoms with Crippen molar-refractivity contribution >= 4 is 6.09 Å². The van der Waals surface area contributed by atoms with Crippen LogP contribution in [0.1, 0.15) is 40.0 Å². The zero-order valence-electron chi connectivity index (χ0n) is 16.2. The molecule has 3 N–H and O–H groups in total. The molecule has 1 aliphatic carbocycles. The zero-order chi connectivity index (χ0) is 18.9. The number of nitrogens with two attached hydrogens (primary N) is 1. The van der Waals surface area contributed by atoms with Crippen LogP contribution in [0.5, 0.6) is 0 Å². The standard InChI is InChI=1S/C19H32N2O5/c1-12(2)5-6-14-18(3,26-14)16-15(23-4)13(7-8-19(16)11-24-19)25-17(22)21-10-9-20/h5,13-16H,6-11,20H2,1-4H3,(H,21,22)/t13?,14-,15?,16?,18-,19+/m1/s1. The minimum absolute atomic E-state index is 0.0385. The lowest BCUT2D eigenvalue weighted by atomic mass is 9.68. The van der Waals surface area contributed by atoms with Crippen molar-refractivity contribution in [3.63, 3.8) is 0 Å². The topological polar surface area (TPSA) is 98.6 Å². The third-order valence-electron chi connectivity index (χ3n) is 5.91. The van der Waals surface area contributed by atoms with E-state index >= 15 is 0 Å². The van der Waals surface area contributed by atoms with E-state index in [0.29, 0.717) is 13.1 Å². The van der Waals surface area contributed by atoms with Crippen LogP contribution in [0.2, 0.25) is 0 Å². The Kier molecular flexibility index (Phi) is 5.63. The predicted octanol–water partition coefficient (Wildman–Crippen LogP) is 1.75. The van der Waals surface area contributed by atoms with Crippen LogP contribution < -0.4 is 11.1 Å². The van der Waals surface area contributed by atoms with Gasteiger partial charge >= 0.3 is 6.09 Å². The number of nitrogens with one attached hydrogen (secondary N) is 1. The number of hydrogen-bond acceptors (Lipinski definition) is 6. The molecule has 6 atom stereocenters. The van der Waals surface area contributed by atoms with E-state index in [-0.39, 0.29) is 35.4 Å². The fourth-order valence-corrected chi connectivity index (χ4v) is 4.42. The van der Waals surface area contributed by atoms with Crippen molar-refractivity contribution in [3.8, 4) is 0 Å². The molecule has 148 valence electrons. The maximum absolute atomic E-state index is 12.0. The SMILES string of the molecule is COC1C(OC(=O)NCCN)CC[C@]2(CO2)C1[C@]1(C)O[C@@H]1CC=C(C)C. The quantitative estimate of drug-likeness (QED) is 0.525. The second-order valence-electron chi connectivity index (χ2n) is 8.04. The highest BCUT2D eigenvalue weighted by Crippen LogP contribution is 2.59. The molecule has 3 unspecified atom stereocenters. The second-order valence-corrected chi connectivity index (χ2v) is 8.04. The molecule has 3 aliphatic rings. The number of rotatable bonds is 7. The molecule has 1 saturated carbocycles. The molecule has 3 rings (SSSR count). The Bertz CT molecular complexity index is 558. The fourth-order valence-electron chi connectivity index (χ4n) is 4.42. The molecule has 0 bridgehead atoms. The van der Waals surface area contributed by atoms with Crippen molar-refractivity contribution in [1.82, 2.24) is 5.32 Å². The Morgan fingerprint density at radius 3 is 2.73 bits per heavy atom. The van der Waals surface area contributed by atoms with Gasteiger partial charge in [0.2, 0.25) is 0 Å². The van der Waals surface area contributed by atoms with E-state index in [1.165, 1.54) is 5.57 Å². The largest absolute Gasteiger partial charge is 0.443 e. The van der Waals surface area contributed by atoms with Crippen LogP contribution in [0.25, 0.3) is 0 Å². The van der Waals surface area contributed by atoms with Crippen LogP contribution in [0.4, 0.5) is 4.79 Å². The van der Waals surface area contributed by atoms with Gasteiger partial charge in [0.25, 0.3) is 0 Å². The normalized spacial score (nSPS) is 40.8. The highest BCUT2D eigenvalue weighted by atomic mass is 16.6. The van der Waals surface area contributed by atoms with Crippen LogP contribution in [0.3, 0.4) is 0 Å². The number of carbonyl (C=O) groups is 1. The molecule has 0 aromatic rings. The van der Waals surface area contributed by atoms with Gasteiger partial charge in [-0.1, -0.05) is 11.6 Å². The molecule has 2 heterocycles. The van der Waals surface area contributed by atoms with Crippen LogP contribution in [-0.4, -0.2) is 62.4 Å². The summed E-state index contributed by atoms with van der Waals surface area (Å²) in [6, 6.07) is 0. The van der Waals surface area contributed by atoms with Gasteiger partial charge in [-0.2, -0.15) is 0 Å². The van der Waals surface area contributed by atoms with Gasteiger partial charge in [0, 0.05) is 20.2 Å². The summed E-state index contributed by atoms with van der Waals surface area (Å²) in [4.78, 5) is 12.0. The smallest absolute Gasteiger partial charge is 0.407 e. The summed E-state index contributed by atoms with van der Waals surface area (Å²) < 4.78 is 23.5. The number of methoxy groups -OCH3 is 1. The van der Waals surface area contributed by atoms with E-state index in [1.54, 1.807) is 7.11 Å². The van der Waals surface area contributed by atoms with E-state index in [9.17, 15) is 4.79 Å². The molecule has 1 amide bonds. The first kappa shape index (κ1) is 19.6. The minimum atomic E-state index is -0.447. The Morgan fingerprint density at radius 1 is 1.42 bits per heavy atom. The summed E-state index contributed by atoms with van der Waals surface area (Å²) >= 11 is 0. The molecule has 3 fully saturated rings. The highest BCUT2D eigenvalue weighted by Gasteiger charge is 2.72. The van der Waals surface area contributed by atoms with E-state index in [1.807, 2.05) is 0 Å². The minimum Gasteiger partial charge on any atom is -0.443 e. The van der Waals surface area contributed by atoms with Gasteiger partial charge in [-0.25, -0.2) is 4.79 Å². The summed E-state index contributed by atoms with van der Waals surface area (Å²) in [5, 5.41) is 2.66. The van der Waals surface area contributed by atoms with Crippen LogP contribution in [0.15, 0.2) is 11.6 Å². The van der Waals surface area contributed by atoms with Crippen molar-refractivity contribution < 1.29 is 23.7 Å². The lowest BCUT2D eigenvalue weighted by Crippen LogP contribution is -2.56. The van der Waals surface area contributed by atoms with Crippen molar-refractivity contribution in [2.75, 3.05) is 26.8 Å². The first-order valence-corrected chi connectivity index (χ1v) is 9.49. The number of hydrogen-bond donors (Lipinski definition) is 2. The average molecular weight is 368 g/mol. The highest BCUT2D eigenvalue weighted by molar-refractivity contribution is 5.67. The predicted molar refractivity (Wildman–Crippen MR) is 96.9 cm³/mol. The van der Waals surface area contributed by atoms with Crippen molar-refractivity contribution in [2.45, 2.75) is 69.5 Å². The zero-order valence-corrected chi connectivity index (χ0v) is 16.2. The first-order chi connectivity index (χ1) is 12.4. The summed E-state index contributed by atoms with van der Waals surface area (Å²) in [7, 11) is 1.67. The van der Waals surface area contributed by atoms with Gasteiger partial charge in [-0.15, -0.1) is 0 Å².